The van der Waals surface area contributed by atoms with Crippen LogP contribution in [-0.4, -0.2) is 22.9 Å². The van der Waals surface area contributed by atoms with Crippen molar-refractivity contribution in [3.63, 3.8) is 0 Å². The number of aryl methyl sites for hydroxylation is 1. The lowest BCUT2D eigenvalue weighted by molar-refractivity contribution is 0.288. The smallest absolute Gasteiger partial charge is 0.190 e. The second-order valence-corrected chi connectivity index (χ2v) is 4.79. The minimum absolute atomic E-state index is 0.200. The molecule has 0 aliphatic carbocycles. The number of ether oxygens (including phenoxy) is 1. The largest absolute Gasteiger partial charge is 0.487 e. The van der Waals surface area contributed by atoms with Crippen LogP contribution in [0.15, 0.2) is 24.5 Å². The first-order valence-electron chi connectivity index (χ1n) is 6.89. The van der Waals surface area contributed by atoms with E-state index in [1.165, 1.54) is 12.1 Å². The molecular formula is C15H19F2N3O. The van der Waals surface area contributed by atoms with Crippen molar-refractivity contribution < 1.29 is 13.5 Å². The van der Waals surface area contributed by atoms with Gasteiger partial charge in [-0.3, -0.25) is 4.68 Å². The average molecular weight is 295 g/mol. The summed E-state index contributed by atoms with van der Waals surface area (Å²) in [4.78, 5) is 0. The Hall–Kier alpha value is -1.95. The lowest BCUT2D eigenvalue weighted by Crippen LogP contribution is -2.12. The topological polar surface area (TPSA) is 39.1 Å². The number of rotatable bonds is 7. The van der Waals surface area contributed by atoms with Crippen molar-refractivity contribution in [2.45, 2.75) is 19.9 Å². The molecule has 0 aliphatic heterocycles. The maximum absolute atomic E-state index is 13.9. The van der Waals surface area contributed by atoms with Crippen molar-refractivity contribution in [3.05, 3.63) is 47.3 Å². The van der Waals surface area contributed by atoms with Gasteiger partial charge in [-0.1, -0.05) is 6.92 Å². The molecule has 6 heteroatoms. The quantitative estimate of drug-likeness (QED) is 0.852. The lowest BCUT2D eigenvalue weighted by atomic mass is 10.2. The summed E-state index contributed by atoms with van der Waals surface area (Å²) in [5.74, 6) is -1.66. The van der Waals surface area contributed by atoms with Gasteiger partial charge in [0, 0.05) is 26.2 Å². The average Bonchev–Trinajstić information content (AvgIpc) is 2.85. The van der Waals surface area contributed by atoms with Gasteiger partial charge in [0.2, 0.25) is 0 Å². The van der Waals surface area contributed by atoms with E-state index in [1.54, 1.807) is 10.9 Å². The SMILES string of the molecule is CCNCc1cc(F)c(OCCc2cnn(C)c2)c(F)c1. The van der Waals surface area contributed by atoms with Crippen LogP contribution in [0.25, 0.3) is 0 Å². The molecule has 1 heterocycles. The fourth-order valence-corrected chi connectivity index (χ4v) is 1.99. The zero-order valence-electron chi connectivity index (χ0n) is 12.2. The van der Waals surface area contributed by atoms with Crippen LogP contribution in [0.4, 0.5) is 8.78 Å². The minimum Gasteiger partial charge on any atom is -0.487 e. The Balaban J connectivity index is 1.96. The molecular weight excluding hydrogens is 276 g/mol. The lowest BCUT2D eigenvalue weighted by Gasteiger charge is -2.10. The second kappa shape index (κ2) is 7.17. The normalized spacial score (nSPS) is 10.9. The molecule has 0 bridgehead atoms. The van der Waals surface area contributed by atoms with Crippen LogP contribution in [-0.2, 0) is 20.0 Å². The molecule has 0 amide bonds. The number of halogens is 2. The van der Waals surface area contributed by atoms with Gasteiger partial charge in [-0.2, -0.15) is 5.10 Å². The third-order valence-electron chi connectivity index (χ3n) is 3.03. The van der Waals surface area contributed by atoms with Crippen LogP contribution in [0.1, 0.15) is 18.1 Å². The minimum atomic E-state index is -0.672. The number of nitrogens with one attached hydrogen (secondary N) is 1. The van der Waals surface area contributed by atoms with Crippen LogP contribution in [0.3, 0.4) is 0 Å². The van der Waals surface area contributed by atoms with E-state index >= 15 is 0 Å². The highest BCUT2D eigenvalue weighted by molar-refractivity contribution is 5.31. The van der Waals surface area contributed by atoms with Crippen molar-refractivity contribution in [1.82, 2.24) is 15.1 Å². The number of hydrogen-bond acceptors (Lipinski definition) is 3. The van der Waals surface area contributed by atoms with Crippen LogP contribution >= 0.6 is 0 Å². The summed E-state index contributed by atoms with van der Waals surface area (Å²) in [6.07, 6.45) is 4.09. The highest BCUT2D eigenvalue weighted by Gasteiger charge is 2.12. The fraction of sp³-hybridized carbons (Fsp3) is 0.400. The zero-order valence-corrected chi connectivity index (χ0v) is 12.2. The Labute approximate surface area is 122 Å². The van der Waals surface area contributed by atoms with Gasteiger partial charge in [0.15, 0.2) is 17.4 Å². The molecule has 1 aromatic heterocycles. The predicted octanol–water partition coefficient (Wildman–Crippen LogP) is 2.43. The molecule has 1 aromatic carbocycles. The van der Waals surface area contributed by atoms with E-state index in [0.29, 0.717) is 18.5 Å². The van der Waals surface area contributed by atoms with E-state index in [-0.39, 0.29) is 12.4 Å². The molecule has 0 radical (unpaired) electrons. The highest BCUT2D eigenvalue weighted by atomic mass is 19.1. The van der Waals surface area contributed by atoms with Crippen molar-refractivity contribution in [3.8, 4) is 5.75 Å². The monoisotopic (exact) mass is 295 g/mol. The van der Waals surface area contributed by atoms with Crippen LogP contribution in [0.5, 0.6) is 5.75 Å². The molecule has 0 saturated carbocycles. The number of hydrogen-bond donors (Lipinski definition) is 1. The maximum Gasteiger partial charge on any atom is 0.190 e. The first kappa shape index (κ1) is 15.4. The molecule has 114 valence electrons. The summed E-state index contributed by atoms with van der Waals surface area (Å²) in [7, 11) is 1.81. The van der Waals surface area contributed by atoms with Crippen molar-refractivity contribution in [2.24, 2.45) is 7.05 Å². The van der Waals surface area contributed by atoms with Gasteiger partial charge in [0.25, 0.3) is 0 Å². The van der Waals surface area contributed by atoms with Crippen LogP contribution in [0.2, 0.25) is 0 Å². The second-order valence-electron chi connectivity index (χ2n) is 4.79. The van der Waals surface area contributed by atoms with E-state index in [4.69, 9.17) is 4.74 Å². The summed E-state index contributed by atoms with van der Waals surface area (Å²) in [5, 5.41) is 7.05. The molecule has 2 aromatic rings. The Morgan fingerprint density at radius 3 is 2.52 bits per heavy atom. The Bertz CT molecular complexity index is 575. The first-order valence-corrected chi connectivity index (χ1v) is 6.89. The van der Waals surface area contributed by atoms with E-state index in [9.17, 15) is 8.78 Å². The van der Waals surface area contributed by atoms with Gasteiger partial charge in [0.1, 0.15) is 0 Å². The zero-order chi connectivity index (χ0) is 15.2. The molecule has 0 fully saturated rings. The molecule has 0 aliphatic rings. The number of benzene rings is 1. The van der Waals surface area contributed by atoms with Gasteiger partial charge in [0.05, 0.1) is 12.8 Å². The molecule has 0 spiro atoms. The van der Waals surface area contributed by atoms with Gasteiger partial charge in [-0.05, 0) is 29.8 Å². The Morgan fingerprint density at radius 1 is 1.24 bits per heavy atom. The molecule has 2 rings (SSSR count). The molecule has 0 atom stereocenters. The first-order chi connectivity index (χ1) is 10.1. The van der Waals surface area contributed by atoms with E-state index < -0.39 is 11.6 Å². The third-order valence-corrected chi connectivity index (χ3v) is 3.03. The van der Waals surface area contributed by atoms with Gasteiger partial charge >= 0.3 is 0 Å². The van der Waals surface area contributed by atoms with Gasteiger partial charge < -0.3 is 10.1 Å². The van der Waals surface area contributed by atoms with E-state index in [2.05, 4.69) is 10.4 Å². The highest BCUT2D eigenvalue weighted by Crippen LogP contribution is 2.23. The molecule has 0 unspecified atom stereocenters. The van der Waals surface area contributed by atoms with Gasteiger partial charge in [-0.15, -0.1) is 0 Å². The standard InChI is InChI=1S/C15H19F2N3O/c1-3-18-8-12-6-13(16)15(14(17)7-12)21-5-4-11-9-19-20(2)10-11/h6-7,9-10,18H,3-5,8H2,1-2H3. The third kappa shape index (κ3) is 4.26. The number of aromatic nitrogens is 2. The summed E-state index contributed by atoms with van der Waals surface area (Å²) < 4.78 is 34.6. The van der Waals surface area contributed by atoms with Crippen LogP contribution in [0, 0.1) is 11.6 Å². The van der Waals surface area contributed by atoms with Crippen molar-refractivity contribution in [1.29, 1.82) is 0 Å². The predicted molar refractivity (Wildman–Crippen MR) is 76.1 cm³/mol. The van der Waals surface area contributed by atoms with Crippen LogP contribution < -0.4 is 10.1 Å². The van der Waals surface area contributed by atoms with E-state index in [1.807, 2.05) is 20.2 Å². The maximum atomic E-state index is 13.9. The molecule has 0 saturated heterocycles. The molecule has 1 N–H and O–H groups in total. The van der Waals surface area contributed by atoms with Crippen molar-refractivity contribution >= 4 is 0 Å². The summed E-state index contributed by atoms with van der Waals surface area (Å²) in [6.45, 7) is 3.31. The Morgan fingerprint density at radius 2 is 1.95 bits per heavy atom. The molecule has 21 heavy (non-hydrogen) atoms. The van der Waals surface area contributed by atoms with Crippen molar-refractivity contribution in [2.75, 3.05) is 13.2 Å². The van der Waals surface area contributed by atoms with Gasteiger partial charge in [-0.25, -0.2) is 8.78 Å². The number of nitrogens with zero attached hydrogens (tertiary/aromatic N) is 2. The summed E-state index contributed by atoms with van der Waals surface area (Å²) in [6, 6.07) is 2.59. The molecule has 4 nitrogen and oxygen atoms in total. The Kier molecular flexibility index (Phi) is 5.27. The fourth-order valence-electron chi connectivity index (χ4n) is 1.99. The summed E-state index contributed by atoms with van der Waals surface area (Å²) in [5.41, 5.74) is 1.52. The summed E-state index contributed by atoms with van der Waals surface area (Å²) >= 11 is 0. The van der Waals surface area contributed by atoms with E-state index in [0.717, 1.165) is 12.1 Å².